The van der Waals surface area contributed by atoms with Gasteiger partial charge in [-0.1, -0.05) is 20.8 Å². The lowest BCUT2D eigenvalue weighted by atomic mass is 9.96. The Labute approximate surface area is 113 Å². The average molecular weight is 294 g/mol. The summed E-state index contributed by atoms with van der Waals surface area (Å²) in [6.45, 7) is 9.59. The molecule has 1 amide bonds. The number of hydrogen-bond donors (Lipinski definition) is 2. The molecule has 19 heavy (non-hydrogen) atoms. The first-order valence-corrected chi connectivity index (χ1v) is 7.80. The van der Waals surface area contributed by atoms with Crippen molar-refractivity contribution in [3.05, 3.63) is 0 Å². The molecule has 1 aliphatic heterocycles. The second kappa shape index (κ2) is 6.33. The molecule has 0 aliphatic carbocycles. The van der Waals surface area contributed by atoms with Crippen molar-refractivity contribution in [2.75, 3.05) is 39.3 Å². The number of nitrogens with zero attached hydrogens (tertiary/aromatic N) is 2. The van der Waals surface area contributed by atoms with Gasteiger partial charge in [-0.2, -0.15) is 0 Å². The molecular weight excluding hydrogens is 271 g/mol. The molecule has 0 aromatic heterocycles. The first kappa shape index (κ1) is 16.6. The number of phosphoric acid groups is 1. The van der Waals surface area contributed by atoms with Crippen LogP contribution < -0.4 is 0 Å². The van der Waals surface area contributed by atoms with E-state index < -0.39 is 14.4 Å². The van der Waals surface area contributed by atoms with Crippen LogP contribution in [0.25, 0.3) is 0 Å². The van der Waals surface area contributed by atoms with Crippen LogP contribution in [0.15, 0.2) is 0 Å². The molecule has 1 saturated heterocycles. The van der Waals surface area contributed by atoms with Crippen molar-refractivity contribution >= 4 is 13.7 Å². The van der Waals surface area contributed by atoms with Crippen LogP contribution in [0.3, 0.4) is 0 Å². The van der Waals surface area contributed by atoms with Crippen molar-refractivity contribution in [1.82, 2.24) is 9.80 Å². The van der Waals surface area contributed by atoms with Gasteiger partial charge in [-0.3, -0.25) is 14.2 Å². The largest absolute Gasteiger partial charge is 0.470 e. The molecular formula is C11H23N2O5P. The van der Waals surface area contributed by atoms with E-state index >= 15 is 0 Å². The Bertz CT molecular complexity index is 355. The number of piperazine rings is 1. The second-order valence-corrected chi connectivity index (χ2v) is 7.22. The Morgan fingerprint density at radius 3 is 2.16 bits per heavy atom. The highest BCUT2D eigenvalue weighted by Gasteiger charge is 2.25. The maximum absolute atomic E-state index is 11.7. The number of hydrogen-bond acceptors (Lipinski definition) is 4. The highest BCUT2D eigenvalue weighted by atomic mass is 31.2. The lowest BCUT2D eigenvalue weighted by Gasteiger charge is -2.37. The van der Waals surface area contributed by atoms with Crippen LogP contribution in [0, 0.1) is 5.41 Å². The van der Waals surface area contributed by atoms with Crippen LogP contribution in [-0.4, -0.2) is 64.8 Å². The van der Waals surface area contributed by atoms with Gasteiger partial charge in [-0.25, -0.2) is 4.57 Å². The first-order chi connectivity index (χ1) is 8.57. The third kappa shape index (κ3) is 7.03. The molecule has 112 valence electrons. The Morgan fingerprint density at radius 2 is 1.74 bits per heavy atom. The second-order valence-electron chi connectivity index (χ2n) is 5.98. The van der Waals surface area contributed by atoms with Gasteiger partial charge in [-0.15, -0.1) is 0 Å². The SMILES string of the molecule is CC(C)(C)CN1CCN(C(=O)COP(=O)(O)O)CC1. The van der Waals surface area contributed by atoms with Gasteiger partial charge in [0.1, 0.15) is 6.61 Å². The van der Waals surface area contributed by atoms with Crippen LogP contribution in [0.4, 0.5) is 0 Å². The minimum absolute atomic E-state index is 0.218. The van der Waals surface area contributed by atoms with Crippen LogP contribution in [0.2, 0.25) is 0 Å². The van der Waals surface area contributed by atoms with Gasteiger partial charge in [-0.05, 0) is 5.41 Å². The zero-order valence-electron chi connectivity index (χ0n) is 11.7. The Morgan fingerprint density at radius 1 is 1.21 bits per heavy atom. The molecule has 2 N–H and O–H groups in total. The number of rotatable bonds is 4. The van der Waals surface area contributed by atoms with Crippen molar-refractivity contribution in [2.24, 2.45) is 5.41 Å². The number of carbonyl (C=O) groups excluding carboxylic acids is 1. The molecule has 0 atom stereocenters. The normalized spacial score (nSPS) is 18.7. The van der Waals surface area contributed by atoms with E-state index in [1.165, 1.54) is 0 Å². The molecule has 0 bridgehead atoms. The van der Waals surface area contributed by atoms with E-state index in [2.05, 4.69) is 30.2 Å². The topological polar surface area (TPSA) is 90.3 Å². The highest BCUT2D eigenvalue weighted by Crippen LogP contribution is 2.35. The Hall–Kier alpha value is -0.460. The summed E-state index contributed by atoms with van der Waals surface area (Å²) in [5.74, 6) is -0.376. The monoisotopic (exact) mass is 294 g/mol. The number of phosphoric ester groups is 1. The van der Waals surface area contributed by atoms with Gasteiger partial charge in [0.2, 0.25) is 5.91 Å². The van der Waals surface area contributed by atoms with Gasteiger partial charge in [0, 0.05) is 32.7 Å². The van der Waals surface area contributed by atoms with Crippen LogP contribution in [0.1, 0.15) is 20.8 Å². The summed E-state index contributed by atoms with van der Waals surface area (Å²) in [6.07, 6.45) is 0. The molecule has 1 fully saturated rings. The fourth-order valence-electron chi connectivity index (χ4n) is 2.06. The van der Waals surface area contributed by atoms with E-state index in [-0.39, 0.29) is 11.3 Å². The average Bonchev–Trinajstić information content (AvgIpc) is 2.23. The summed E-state index contributed by atoms with van der Waals surface area (Å²) in [5, 5.41) is 0. The van der Waals surface area contributed by atoms with E-state index in [1.54, 1.807) is 4.90 Å². The molecule has 0 spiro atoms. The van der Waals surface area contributed by atoms with Gasteiger partial charge >= 0.3 is 7.82 Å². The predicted octanol–water partition coefficient (Wildman–Crippen LogP) is 0.286. The minimum atomic E-state index is -4.57. The molecule has 0 saturated carbocycles. The van der Waals surface area contributed by atoms with E-state index in [0.717, 1.165) is 19.6 Å². The first-order valence-electron chi connectivity index (χ1n) is 6.27. The van der Waals surface area contributed by atoms with Gasteiger partial charge < -0.3 is 14.7 Å². The summed E-state index contributed by atoms with van der Waals surface area (Å²) < 4.78 is 14.7. The summed E-state index contributed by atoms with van der Waals surface area (Å²) in [7, 11) is -4.57. The molecule has 1 heterocycles. The van der Waals surface area contributed by atoms with E-state index in [1.807, 2.05) is 0 Å². The van der Waals surface area contributed by atoms with Gasteiger partial charge in [0.15, 0.2) is 0 Å². The quantitative estimate of drug-likeness (QED) is 0.724. The fourth-order valence-corrected chi connectivity index (χ4v) is 2.34. The van der Waals surface area contributed by atoms with Crippen LogP contribution in [0.5, 0.6) is 0 Å². The zero-order chi connectivity index (χ0) is 14.7. The molecule has 7 nitrogen and oxygen atoms in total. The van der Waals surface area contributed by atoms with Crippen LogP contribution in [-0.2, 0) is 13.9 Å². The molecule has 0 aromatic rings. The maximum atomic E-state index is 11.7. The Balaban J connectivity index is 2.33. The van der Waals surface area contributed by atoms with E-state index in [9.17, 15) is 9.36 Å². The minimum Gasteiger partial charge on any atom is -0.338 e. The molecule has 0 radical (unpaired) electrons. The number of carbonyl (C=O) groups is 1. The smallest absolute Gasteiger partial charge is 0.338 e. The lowest BCUT2D eigenvalue weighted by Crippen LogP contribution is -2.51. The summed E-state index contributed by atoms with van der Waals surface area (Å²) >= 11 is 0. The van der Waals surface area contributed by atoms with Crippen molar-refractivity contribution in [1.29, 1.82) is 0 Å². The molecule has 0 aromatic carbocycles. The summed E-state index contributed by atoms with van der Waals surface area (Å²) in [4.78, 5) is 32.6. The lowest BCUT2D eigenvalue weighted by molar-refractivity contribution is -0.135. The molecule has 1 aliphatic rings. The molecule has 0 unspecified atom stereocenters. The predicted molar refractivity (Wildman–Crippen MR) is 70.5 cm³/mol. The van der Waals surface area contributed by atoms with Crippen molar-refractivity contribution < 1.29 is 23.7 Å². The standard InChI is InChI=1S/C11H23N2O5P/c1-11(2,3)9-12-4-6-13(7-5-12)10(14)8-18-19(15,16)17/h4-9H2,1-3H3,(H2,15,16,17). The van der Waals surface area contributed by atoms with Crippen molar-refractivity contribution in [2.45, 2.75) is 20.8 Å². The molecule has 1 rings (SSSR count). The fraction of sp³-hybridized carbons (Fsp3) is 0.909. The summed E-state index contributed by atoms with van der Waals surface area (Å²) in [5.41, 5.74) is 0.218. The van der Waals surface area contributed by atoms with E-state index in [0.29, 0.717) is 13.1 Å². The Kier molecular flexibility index (Phi) is 5.53. The third-order valence-electron chi connectivity index (χ3n) is 2.78. The van der Waals surface area contributed by atoms with E-state index in [4.69, 9.17) is 9.79 Å². The summed E-state index contributed by atoms with van der Waals surface area (Å²) in [6, 6.07) is 0. The van der Waals surface area contributed by atoms with Crippen LogP contribution >= 0.6 is 7.82 Å². The van der Waals surface area contributed by atoms with Crippen molar-refractivity contribution in [3.63, 3.8) is 0 Å². The third-order valence-corrected chi connectivity index (χ3v) is 3.24. The van der Waals surface area contributed by atoms with Gasteiger partial charge in [0.25, 0.3) is 0 Å². The molecule has 8 heteroatoms. The van der Waals surface area contributed by atoms with Crippen molar-refractivity contribution in [3.8, 4) is 0 Å². The maximum Gasteiger partial charge on any atom is 0.470 e. The zero-order valence-corrected chi connectivity index (χ0v) is 12.6. The number of amides is 1. The van der Waals surface area contributed by atoms with Gasteiger partial charge in [0.05, 0.1) is 0 Å². The highest BCUT2D eigenvalue weighted by molar-refractivity contribution is 7.46.